The van der Waals surface area contributed by atoms with E-state index in [1.807, 2.05) is 0 Å². The van der Waals surface area contributed by atoms with Gasteiger partial charge in [0, 0.05) is 12.3 Å². The summed E-state index contributed by atoms with van der Waals surface area (Å²) in [7, 11) is 0. The largest absolute Gasteiger partial charge is 0.481 e. The van der Waals surface area contributed by atoms with Crippen molar-refractivity contribution in [1.82, 2.24) is 0 Å². The summed E-state index contributed by atoms with van der Waals surface area (Å²) in [6, 6.07) is 0. The Hall–Kier alpha value is -0.860. The minimum absolute atomic E-state index is 0.0786. The van der Waals surface area contributed by atoms with Gasteiger partial charge in [0.2, 0.25) is 0 Å². The summed E-state index contributed by atoms with van der Waals surface area (Å²) < 4.78 is 0. The van der Waals surface area contributed by atoms with Gasteiger partial charge in [-0.3, -0.25) is 9.59 Å². The summed E-state index contributed by atoms with van der Waals surface area (Å²) in [5.41, 5.74) is 0. The predicted octanol–water partition coefficient (Wildman–Crippen LogP) is 1.47. The smallest absolute Gasteiger partial charge is 0.307 e. The fourth-order valence-electron chi connectivity index (χ4n) is 2.83. The van der Waals surface area contributed by atoms with Crippen LogP contribution in [0.4, 0.5) is 0 Å². The topological polar surface area (TPSA) is 54.4 Å². The van der Waals surface area contributed by atoms with Crippen molar-refractivity contribution in [1.29, 1.82) is 0 Å². The molecule has 0 bridgehead atoms. The van der Waals surface area contributed by atoms with E-state index in [2.05, 4.69) is 0 Å². The third-order valence-corrected chi connectivity index (χ3v) is 3.49. The molecule has 2 aliphatic carbocycles. The first kappa shape index (κ1) is 8.73. The Balaban J connectivity index is 2.17. The van der Waals surface area contributed by atoms with Crippen molar-refractivity contribution in [3.8, 4) is 0 Å². The molecule has 0 radical (unpaired) electrons. The Morgan fingerprint density at radius 3 is 2.69 bits per heavy atom. The van der Waals surface area contributed by atoms with E-state index in [1.54, 1.807) is 0 Å². The van der Waals surface area contributed by atoms with Crippen LogP contribution in [0.3, 0.4) is 0 Å². The summed E-state index contributed by atoms with van der Waals surface area (Å²) in [6.45, 7) is 0. The van der Waals surface area contributed by atoms with Gasteiger partial charge in [-0.2, -0.15) is 0 Å². The Morgan fingerprint density at radius 1 is 1.31 bits per heavy atom. The van der Waals surface area contributed by atoms with Crippen molar-refractivity contribution in [2.75, 3.05) is 0 Å². The molecule has 0 heterocycles. The third kappa shape index (κ3) is 1.36. The highest BCUT2D eigenvalue weighted by molar-refractivity contribution is 5.89. The number of carboxylic acids is 1. The maximum atomic E-state index is 11.5. The van der Waals surface area contributed by atoms with E-state index < -0.39 is 5.97 Å². The molecule has 3 atom stereocenters. The van der Waals surface area contributed by atoms with Crippen molar-refractivity contribution < 1.29 is 14.7 Å². The summed E-state index contributed by atoms with van der Waals surface area (Å²) in [6.07, 6.45) is 4.34. The van der Waals surface area contributed by atoms with Crippen molar-refractivity contribution in [3.05, 3.63) is 0 Å². The van der Waals surface area contributed by atoms with Crippen LogP contribution < -0.4 is 0 Å². The first-order chi connectivity index (χ1) is 6.20. The lowest BCUT2D eigenvalue weighted by molar-refractivity contribution is -0.143. The van der Waals surface area contributed by atoms with E-state index in [9.17, 15) is 9.59 Å². The monoisotopic (exact) mass is 182 g/mol. The van der Waals surface area contributed by atoms with Crippen LogP contribution in [-0.4, -0.2) is 16.9 Å². The van der Waals surface area contributed by atoms with Gasteiger partial charge in [-0.1, -0.05) is 12.8 Å². The molecular formula is C10H14O3. The van der Waals surface area contributed by atoms with E-state index >= 15 is 0 Å². The molecule has 13 heavy (non-hydrogen) atoms. The maximum Gasteiger partial charge on any atom is 0.307 e. The molecule has 0 aromatic rings. The minimum atomic E-state index is -0.775. The predicted molar refractivity (Wildman–Crippen MR) is 46.2 cm³/mol. The van der Waals surface area contributed by atoms with Crippen LogP contribution in [0.5, 0.6) is 0 Å². The average molecular weight is 182 g/mol. The molecule has 0 spiro atoms. The number of ketones is 1. The molecule has 0 saturated heterocycles. The summed E-state index contributed by atoms with van der Waals surface area (Å²) >= 11 is 0. The molecule has 2 fully saturated rings. The van der Waals surface area contributed by atoms with E-state index in [-0.39, 0.29) is 30.0 Å². The van der Waals surface area contributed by atoms with Crippen LogP contribution in [0.1, 0.15) is 32.1 Å². The van der Waals surface area contributed by atoms with Gasteiger partial charge in [0.1, 0.15) is 5.78 Å². The lowest BCUT2D eigenvalue weighted by Gasteiger charge is -2.25. The molecule has 3 heteroatoms. The zero-order chi connectivity index (χ0) is 9.42. The number of fused-ring (bicyclic) bond motifs is 1. The van der Waals surface area contributed by atoms with Crippen LogP contribution in [-0.2, 0) is 9.59 Å². The van der Waals surface area contributed by atoms with E-state index in [4.69, 9.17) is 5.11 Å². The van der Waals surface area contributed by atoms with Crippen LogP contribution in [0, 0.1) is 17.8 Å². The molecule has 2 rings (SSSR count). The zero-order valence-corrected chi connectivity index (χ0v) is 7.53. The van der Waals surface area contributed by atoms with Crippen LogP contribution >= 0.6 is 0 Å². The van der Waals surface area contributed by atoms with Crippen molar-refractivity contribution in [2.45, 2.75) is 32.1 Å². The molecule has 3 unspecified atom stereocenters. The highest BCUT2D eigenvalue weighted by Gasteiger charge is 2.46. The second-order valence-electron chi connectivity index (χ2n) is 4.17. The highest BCUT2D eigenvalue weighted by atomic mass is 16.4. The number of carbonyl (C=O) groups excluding carboxylic acids is 1. The quantitative estimate of drug-likeness (QED) is 0.668. The normalized spacial score (nSPS) is 38.8. The summed E-state index contributed by atoms with van der Waals surface area (Å²) in [5.74, 6) is -0.730. The Kier molecular flexibility index (Phi) is 2.10. The number of Topliss-reactive ketones (excluding diaryl/α,β-unsaturated/α-hetero) is 1. The molecule has 0 aliphatic heterocycles. The standard InChI is InChI=1S/C10H14O3/c11-9-5-8(10(12)13)6-3-1-2-4-7(6)9/h6-8H,1-5H2,(H,12,13). The van der Waals surface area contributed by atoms with Gasteiger partial charge < -0.3 is 5.11 Å². The van der Waals surface area contributed by atoms with E-state index in [0.717, 1.165) is 25.7 Å². The number of carboxylic acid groups (broad SMARTS) is 1. The number of rotatable bonds is 1. The van der Waals surface area contributed by atoms with Gasteiger partial charge in [-0.15, -0.1) is 0 Å². The first-order valence-electron chi connectivity index (χ1n) is 4.95. The highest BCUT2D eigenvalue weighted by Crippen LogP contribution is 2.43. The molecule has 1 N–H and O–H groups in total. The third-order valence-electron chi connectivity index (χ3n) is 3.49. The van der Waals surface area contributed by atoms with Crippen LogP contribution in [0.15, 0.2) is 0 Å². The van der Waals surface area contributed by atoms with Gasteiger partial charge in [0.25, 0.3) is 0 Å². The number of carbonyl (C=O) groups is 2. The Labute approximate surface area is 77.1 Å². The van der Waals surface area contributed by atoms with Gasteiger partial charge >= 0.3 is 5.97 Å². The average Bonchev–Trinajstić information content (AvgIpc) is 2.45. The summed E-state index contributed by atoms with van der Waals surface area (Å²) in [5, 5.41) is 8.92. The number of hydrogen-bond donors (Lipinski definition) is 1. The van der Waals surface area contributed by atoms with Crippen LogP contribution in [0.2, 0.25) is 0 Å². The lowest BCUT2D eigenvalue weighted by Crippen LogP contribution is -2.25. The van der Waals surface area contributed by atoms with Crippen LogP contribution in [0.25, 0.3) is 0 Å². The summed E-state index contributed by atoms with van der Waals surface area (Å²) in [4.78, 5) is 22.3. The van der Waals surface area contributed by atoms with Gasteiger partial charge in [-0.25, -0.2) is 0 Å². The second-order valence-corrected chi connectivity index (χ2v) is 4.17. The molecule has 0 amide bonds. The molecule has 72 valence electrons. The Bertz CT molecular complexity index is 247. The maximum absolute atomic E-state index is 11.5. The molecule has 3 nitrogen and oxygen atoms in total. The minimum Gasteiger partial charge on any atom is -0.481 e. The lowest BCUT2D eigenvalue weighted by atomic mass is 9.78. The number of hydrogen-bond acceptors (Lipinski definition) is 2. The second kappa shape index (κ2) is 3.13. The SMILES string of the molecule is O=C(O)C1CC(=O)C2CCCCC12. The van der Waals surface area contributed by atoms with Crippen molar-refractivity contribution in [2.24, 2.45) is 17.8 Å². The van der Waals surface area contributed by atoms with Gasteiger partial charge in [-0.05, 0) is 18.8 Å². The fourth-order valence-corrected chi connectivity index (χ4v) is 2.83. The van der Waals surface area contributed by atoms with Crippen molar-refractivity contribution in [3.63, 3.8) is 0 Å². The van der Waals surface area contributed by atoms with E-state index in [0.29, 0.717) is 0 Å². The molecule has 2 saturated carbocycles. The number of aliphatic carboxylic acids is 1. The van der Waals surface area contributed by atoms with Gasteiger partial charge in [0.15, 0.2) is 0 Å². The van der Waals surface area contributed by atoms with E-state index in [1.165, 1.54) is 0 Å². The Morgan fingerprint density at radius 2 is 2.00 bits per heavy atom. The molecular weight excluding hydrogens is 168 g/mol. The first-order valence-corrected chi connectivity index (χ1v) is 4.95. The van der Waals surface area contributed by atoms with Crippen molar-refractivity contribution >= 4 is 11.8 Å². The van der Waals surface area contributed by atoms with Gasteiger partial charge in [0.05, 0.1) is 5.92 Å². The molecule has 0 aromatic heterocycles. The zero-order valence-electron chi connectivity index (χ0n) is 7.53. The molecule has 0 aromatic carbocycles. The fraction of sp³-hybridized carbons (Fsp3) is 0.800. The molecule has 2 aliphatic rings.